The van der Waals surface area contributed by atoms with Crippen LogP contribution in [-0.2, 0) is 11.8 Å². The number of piperidine rings is 1. The van der Waals surface area contributed by atoms with Gasteiger partial charge in [-0.05, 0) is 25.0 Å². The van der Waals surface area contributed by atoms with Gasteiger partial charge in [-0.2, -0.15) is 5.10 Å². The van der Waals surface area contributed by atoms with E-state index in [9.17, 15) is 4.79 Å². The Kier molecular flexibility index (Phi) is 5.60. The summed E-state index contributed by atoms with van der Waals surface area (Å²) < 4.78 is 12.8. The highest BCUT2D eigenvalue weighted by Gasteiger charge is 2.22. The van der Waals surface area contributed by atoms with E-state index in [2.05, 4.69) is 15.0 Å². The summed E-state index contributed by atoms with van der Waals surface area (Å²) in [5.74, 6) is 1.12. The number of benzene rings is 2. The Balaban J connectivity index is 1.54. The molecule has 0 radical (unpaired) electrons. The van der Waals surface area contributed by atoms with E-state index >= 15 is 0 Å². The molecular weight excluding hydrogens is 418 g/mol. The first-order valence-corrected chi connectivity index (χ1v) is 11.1. The van der Waals surface area contributed by atoms with Crippen LogP contribution in [0.15, 0.2) is 53.3 Å². The molecule has 1 fully saturated rings. The van der Waals surface area contributed by atoms with Gasteiger partial charge >= 0.3 is 0 Å². The zero-order valence-electron chi connectivity index (χ0n) is 19.0. The van der Waals surface area contributed by atoms with Crippen molar-refractivity contribution in [2.45, 2.75) is 18.9 Å². The highest BCUT2D eigenvalue weighted by atomic mass is 16.5. The van der Waals surface area contributed by atoms with Crippen molar-refractivity contribution in [2.75, 3.05) is 32.2 Å². The molecule has 1 N–H and O–H groups in total. The second-order valence-corrected chi connectivity index (χ2v) is 8.26. The molecule has 8 heteroatoms. The second kappa shape index (κ2) is 8.71. The normalized spacial score (nSPS) is 14.7. The molecule has 0 amide bonds. The van der Waals surface area contributed by atoms with Gasteiger partial charge in [0.15, 0.2) is 5.65 Å². The van der Waals surface area contributed by atoms with Gasteiger partial charge in [0.25, 0.3) is 5.56 Å². The molecule has 2 aromatic heterocycles. The number of aryl methyl sites for hydroxylation is 1. The third kappa shape index (κ3) is 3.87. The van der Waals surface area contributed by atoms with E-state index in [0.717, 1.165) is 42.7 Å². The summed E-state index contributed by atoms with van der Waals surface area (Å²) in [5, 5.41) is 5.05. The van der Waals surface area contributed by atoms with Crippen molar-refractivity contribution >= 4 is 16.7 Å². The Hall–Kier alpha value is -3.65. The van der Waals surface area contributed by atoms with Crippen molar-refractivity contribution in [3.8, 4) is 28.4 Å². The van der Waals surface area contributed by atoms with Crippen LogP contribution in [0.5, 0.6) is 5.75 Å². The number of fused-ring (bicyclic) bond motifs is 1. The van der Waals surface area contributed by atoms with E-state index < -0.39 is 0 Å². The molecule has 5 rings (SSSR count). The molecule has 0 atom stereocenters. The summed E-state index contributed by atoms with van der Waals surface area (Å²) in [6.07, 6.45) is 2.32. The van der Waals surface area contributed by atoms with Gasteiger partial charge in [0.2, 0.25) is 0 Å². The number of methoxy groups -OCH3 is 2. The van der Waals surface area contributed by atoms with Crippen LogP contribution in [0.2, 0.25) is 0 Å². The zero-order valence-corrected chi connectivity index (χ0v) is 19.0. The van der Waals surface area contributed by atoms with Crippen LogP contribution in [0.1, 0.15) is 12.8 Å². The van der Waals surface area contributed by atoms with Gasteiger partial charge in [-0.1, -0.05) is 30.3 Å². The van der Waals surface area contributed by atoms with Crippen molar-refractivity contribution in [3.05, 3.63) is 58.9 Å². The van der Waals surface area contributed by atoms with Crippen molar-refractivity contribution in [2.24, 2.45) is 7.05 Å². The lowest BCUT2D eigenvalue weighted by Gasteiger charge is -2.33. The Labute approximate surface area is 191 Å². The lowest BCUT2D eigenvalue weighted by atomic mass is 10.1. The van der Waals surface area contributed by atoms with Gasteiger partial charge in [0.1, 0.15) is 22.7 Å². The number of rotatable bonds is 5. The quantitative estimate of drug-likeness (QED) is 0.505. The molecule has 0 spiro atoms. The summed E-state index contributed by atoms with van der Waals surface area (Å²) in [7, 11) is 5.21. The molecular formula is C25H27N5O3. The van der Waals surface area contributed by atoms with Gasteiger partial charge in [0.05, 0.1) is 18.8 Å². The van der Waals surface area contributed by atoms with E-state index in [1.807, 2.05) is 48.5 Å². The first kappa shape index (κ1) is 21.2. The van der Waals surface area contributed by atoms with E-state index in [1.165, 1.54) is 0 Å². The number of aromatic amines is 1. The number of H-pyrrole nitrogens is 1. The number of nitrogens with zero attached hydrogens (tertiary/aromatic N) is 4. The number of nitrogens with one attached hydrogen (secondary N) is 1. The predicted molar refractivity (Wildman–Crippen MR) is 129 cm³/mol. The maximum Gasteiger partial charge on any atom is 0.262 e. The van der Waals surface area contributed by atoms with Gasteiger partial charge in [-0.25, -0.2) is 9.67 Å². The Morgan fingerprint density at radius 3 is 2.52 bits per heavy atom. The Morgan fingerprint density at radius 1 is 1.06 bits per heavy atom. The lowest BCUT2D eigenvalue weighted by Crippen LogP contribution is -2.36. The first-order chi connectivity index (χ1) is 16.1. The van der Waals surface area contributed by atoms with Crippen LogP contribution in [0.4, 0.5) is 5.69 Å². The summed E-state index contributed by atoms with van der Waals surface area (Å²) in [6, 6.07) is 15.7. The van der Waals surface area contributed by atoms with Crippen molar-refractivity contribution in [3.63, 3.8) is 0 Å². The molecule has 4 aromatic rings. The summed E-state index contributed by atoms with van der Waals surface area (Å²) in [5.41, 5.74) is 3.61. The SMILES string of the molecule is COc1cc(N2CCC(OC)CC2)ccc1-c1nc2c(c(-c3ccccc3)nn2C)c(=O)[nH]1. The van der Waals surface area contributed by atoms with Gasteiger partial charge in [-0.15, -0.1) is 0 Å². The molecule has 1 aliphatic rings. The standard InChI is InChI=1S/C25H27N5O3/c1-29-24-21(22(28-29)16-7-5-4-6-8-16)25(31)27-23(26-24)19-10-9-17(15-20(19)33-3)30-13-11-18(32-2)12-14-30/h4-10,15,18H,11-14H2,1-3H3,(H,26,27,31). The molecule has 0 bridgehead atoms. The van der Waals surface area contributed by atoms with Crippen molar-refractivity contribution < 1.29 is 9.47 Å². The molecule has 0 saturated carbocycles. The maximum absolute atomic E-state index is 13.1. The first-order valence-electron chi connectivity index (χ1n) is 11.1. The molecule has 3 heterocycles. The zero-order chi connectivity index (χ0) is 22.9. The van der Waals surface area contributed by atoms with Gasteiger partial charge in [0, 0.05) is 44.6 Å². The molecule has 33 heavy (non-hydrogen) atoms. The average molecular weight is 446 g/mol. The average Bonchev–Trinajstić information content (AvgIpc) is 3.21. The smallest absolute Gasteiger partial charge is 0.262 e. The van der Waals surface area contributed by atoms with Crippen LogP contribution in [0, 0.1) is 0 Å². The molecule has 2 aromatic carbocycles. The Morgan fingerprint density at radius 2 is 1.82 bits per heavy atom. The monoisotopic (exact) mass is 445 g/mol. The predicted octanol–water partition coefficient (Wildman–Crippen LogP) is 3.61. The molecule has 0 aliphatic carbocycles. The fourth-order valence-corrected chi connectivity index (χ4v) is 4.50. The topological polar surface area (TPSA) is 85.3 Å². The maximum atomic E-state index is 13.1. The fraction of sp³-hybridized carbons (Fsp3) is 0.320. The fourth-order valence-electron chi connectivity index (χ4n) is 4.50. The van der Waals surface area contributed by atoms with E-state index in [4.69, 9.17) is 14.5 Å². The minimum Gasteiger partial charge on any atom is -0.496 e. The molecule has 1 saturated heterocycles. The van der Waals surface area contributed by atoms with Gasteiger partial charge in [-0.3, -0.25) is 4.79 Å². The summed E-state index contributed by atoms with van der Waals surface area (Å²) >= 11 is 0. The molecule has 1 aliphatic heterocycles. The summed E-state index contributed by atoms with van der Waals surface area (Å²) in [6.45, 7) is 1.86. The third-order valence-corrected chi connectivity index (χ3v) is 6.32. The van der Waals surface area contributed by atoms with Crippen LogP contribution < -0.4 is 15.2 Å². The number of ether oxygens (including phenoxy) is 2. The Bertz CT molecular complexity index is 1340. The number of hydrogen-bond donors (Lipinski definition) is 1. The number of hydrogen-bond acceptors (Lipinski definition) is 6. The lowest BCUT2D eigenvalue weighted by molar-refractivity contribution is 0.0819. The largest absolute Gasteiger partial charge is 0.496 e. The highest BCUT2D eigenvalue weighted by molar-refractivity contribution is 5.91. The van der Waals surface area contributed by atoms with Crippen molar-refractivity contribution in [1.29, 1.82) is 0 Å². The van der Waals surface area contributed by atoms with Gasteiger partial charge < -0.3 is 19.4 Å². The van der Waals surface area contributed by atoms with Crippen LogP contribution in [0.3, 0.4) is 0 Å². The van der Waals surface area contributed by atoms with E-state index in [0.29, 0.717) is 34.4 Å². The second-order valence-electron chi connectivity index (χ2n) is 8.26. The molecule has 170 valence electrons. The number of anilines is 1. The van der Waals surface area contributed by atoms with Crippen LogP contribution in [0.25, 0.3) is 33.7 Å². The molecule has 8 nitrogen and oxygen atoms in total. The summed E-state index contributed by atoms with van der Waals surface area (Å²) in [4.78, 5) is 23.2. The van der Waals surface area contributed by atoms with E-state index in [1.54, 1.807) is 25.9 Å². The number of aromatic nitrogens is 4. The van der Waals surface area contributed by atoms with Crippen LogP contribution in [-0.4, -0.2) is 53.2 Å². The van der Waals surface area contributed by atoms with Crippen LogP contribution >= 0.6 is 0 Å². The third-order valence-electron chi connectivity index (χ3n) is 6.32. The minimum absolute atomic E-state index is 0.227. The minimum atomic E-state index is -0.227. The van der Waals surface area contributed by atoms with Crippen molar-refractivity contribution in [1.82, 2.24) is 19.7 Å². The van der Waals surface area contributed by atoms with E-state index in [-0.39, 0.29) is 5.56 Å². The molecule has 0 unspecified atom stereocenters. The highest BCUT2D eigenvalue weighted by Crippen LogP contribution is 2.34.